The van der Waals surface area contributed by atoms with Crippen LogP contribution in [0.1, 0.15) is 31.5 Å². The van der Waals surface area contributed by atoms with Crippen molar-refractivity contribution < 1.29 is 0 Å². The molecule has 4 heteroatoms. The third-order valence-electron chi connectivity index (χ3n) is 2.89. The normalized spacial score (nSPS) is 29.0. The first kappa shape index (κ1) is 8.69. The Balaban J connectivity index is 1.93. The molecule has 1 aliphatic rings. The van der Waals surface area contributed by atoms with Crippen LogP contribution in [0.5, 0.6) is 0 Å². The van der Waals surface area contributed by atoms with Gasteiger partial charge in [-0.1, -0.05) is 12.8 Å². The van der Waals surface area contributed by atoms with E-state index in [2.05, 4.69) is 15.2 Å². The predicted octanol–water partition coefficient (Wildman–Crippen LogP) is 0.865. The molecule has 0 unspecified atom stereocenters. The summed E-state index contributed by atoms with van der Waals surface area (Å²) in [5, 5.41) is 6.72. The highest BCUT2D eigenvalue weighted by atomic mass is 15.2. The van der Waals surface area contributed by atoms with E-state index in [0.717, 1.165) is 12.2 Å². The molecular formula is C9H16N4. The Bertz CT molecular complexity index is 244. The van der Waals surface area contributed by atoms with Crippen LogP contribution in [0.3, 0.4) is 0 Å². The quantitative estimate of drug-likeness (QED) is 0.709. The zero-order chi connectivity index (χ0) is 9.10. The van der Waals surface area contributed by atoms with Crippen LogP contribution in [0.4, 0.5) is 0 Å². The van der Waals surface area contributed by atoms with Crippen molar-refractivity contribution >= 4 is 0 Å². The Kier molecular flexibility index (Phi) is 2.59. The second kappa shape index (κ2) is 3.87. The zero-order valence-electron chi connectivity index (χ0n) is 7.74. The smallest absolute Gasteiger partial charge is 0.137 e. The van der Waals surface area contributed by atoms with E-state index in [9.17, 15) is 0 Å². The Morgan fingerprint density at radius 3 is 3.00 bits per heavy atom. The third-order valence-corrected chi connectivity index (χ3v) is 2.89. The van der Waals surface area contributed by atoms with Crippen LogP contribution in [0, 0.1) is 5.92 Å². The molecule has 0 radical (unpaired) electrons. The molecule has 0 aromatic carbocycles. The van der Waals surface area contributed by atoms with Crippen molar-refractivity contribution in [2.45, 2.75) is 38.1 Å². The predicted molar refractivity (Wildman–Crippen MR) is 50.0 cm³/mol. The summed E-state index contributed by atoms with van der Waals surface area (Å²) in [5.41, 5.74) is 6.03. The first-order valence-corrected chi connectivity index (χ1v) is 4.96. The third kappa shape index (κ3) is 2.06. The highest BCUT2D eigenvalue weighted by Gasteiger charge is 2.22. The van der Waals surface area contributed by atoms with Crippen molar-refractivity contribution in [3.63, 3.8) is 0 Å². The molecule has 2 atom stereocenters. The molecule has 72 valence electrons. The molecule has 1 fully saturated rings. The summed E-state index contributed by atoms with van der Waals surface area (Å²) < 4.78 is 0. The van der Waals surface area contributed by atoms with Crippen molar-refractivity contribution in [3.8, 4) is 0 Å². The number of aromatic amines is 1. The maximum atomic E-state index is 6.03. The Labute approximate surface area is 77.9 Å². The van der Waals surface area contributed by atoms with Gasteiger partial charge in [-0.05, 0) is 18.8 Å². The SMILES string of the molecule is N[C@@H]1CCCC[C@@H]1Cc1ncn[nH]1. The minimum Gasteiger partial charge on any atom is -0.327 e. The van der Waals surface area contributed by atoms with Crippen LogP contribution in [-0.2, 0) is 6.42 Å². The van der Waals surface area contributed by atoms with Gasteiger partial charge >= 0.3 is 0 Å². The van der Waals surface area contributed by atoms with E-state index in [-0.39, 0.29) is 0 Å². The molecule has 1 aromatic rings. The van der Waals surface area contributed by atoms with Gasteiger partial charge < -0.3 is 5.73 Å². The number of hydrogen-bond donors (Lipinski definition) is 2. The second-order valence-corrected chi connectivity index (χ2v) is 3.84. The number of hydrogen-bond acceptors (Lipinski definition) is 3. The highest BCUT2D eigenvalue weighted by molar-refractivity contribution is 4.88. The van der Waals surface area contributed by atoms with E-state index < -0.39 is 0 Å². The maximum Gasteiger partial charge on any atom is 0.137 e. The van der Waals surface area contributed by atoms with Gasteiger partial charge in [0.15, 0.2) is 0 Å². The van der Waals surface area contributed by atoms with Gasteiger partial charge in [0.2, 0.25) is 0 Å². The van der Waals surface area contributed by atoms with E-state index in [4.69, 9.17) is 5.73 Å². The number of H-pyrrole nitrogens is 1. The fourth-order valence-electron chi connectivity index (χ4n) is 2.07. The molecule has 0 spiro atoms. The monoisotopic (exact) mass is 180 g/mol. The molecule has 3 N–H and O–H groups in total. The maximum absolute atomic E-state index is 6.03. The average molecular weight is 180 g/mol. The van der Waals surface area contributed by atoms with Gasteiger partial charge in [0.25, 0.3) is 0 Å². The van der Waals surface area contributed by atoms with Gasteiger partial charge in [0.1, 0.15) is 12.2 Å². The fraction of sp³-hybridized carbons (Fsp3) is 0.778. The lowest BCUT2D eigenvalue weighted by molar-refractivity contribution is 0.302. The van der Waals surface area contributed by atoms with Crippen molar-refractivity contribution in [1.29, 1.82) is 0 Å². The van der Waals surface area contributed by atoms with Crippen molar-refractivity contribution in [2.24, 2.45) is 11.7 Å². The van der Waals surface area contributed by atoms with Gasteiger partial charge in [-0.2, -0.15) is 5.10 Å². The number of nitrogens with zero attached hydrogens (tertiary/aromatic N) is 2. The van der Waals surface area contributed by atoms with E-state index in [0.29, 0.717) is 12.0 Å². The lowest BCUT2D eigenvalue weighted by Gasteiger charge is -2.27. The summed E-state index contributed by atoms with van der Waals surface area (Å²) in [7, 11) is 0. The van der Waals surface area contributed by atoms with Gasteiger partial charge in [-0.3, -0.25) is 5.10 Å². The Morgan fingerprint density at radius 2 is 2.31 bits per heavy atom. The van der Waals surface area contributed by atoms with Crippen LogP contribution in [0.2, 0.25) is 0 Å². The first-order chi connectivity index (χ1) is 6.36. The van der Waals surface area contributed by atoms with E-state index in [1.165, 1.54) is 25.7 Å². The summed E-state index contributed by atoms with van der Waals surface area (Å²) in [6.45, 7) is 0. The van der Waals surface area contributed by atoms with Crippen LogP contribution in [0.15, 0.2) is 6.33 Å². The number of rotatable bonds is 2. The standard InChI is InChI=1S/C9H16N4/c10-8-4-2-1-3-7(8)5-9-11-6-12-13-9/h6-8H,1-5,10H2,(H,11,12,13)/t7-,8-/m1/s1. The molecule has 0 aliphatic heterocycles. The highest BCUT2D eigenvalue weighted by Crippen LogP contribution is 2.24. The summed E-state index contributed by atoms with van der Waals surface area (Å²) in [4.78, 5) is 4.12. The lowest BCUT2D eigenvalue weighted by atomic mass is 9.83. The lowest BCUT2D eigenvalue weighted by Crippen LogP contribution is -2.34. The van der Waals surface area contributed by atoms with Crippen LogP contribution >= 0.6 is 0 Å². The largest absolute Gasteiger partial charge is 0.327 e. The average Bonchev–Trinajstić information content (AvgIpc) is 2.61. The summed E-state index contributed by atoms with van der Waals surface area (Å²) >= 11 is 0. The molecule has 0 bridgehead atoms. The topological polar surface area (TPSA) is 67.6 Å². The van der Waals surface area contributed by atoms with Gasteiger partial charge in [-0.15, -0.1) is 0 Å². The molecule has 1 aromatic heterocycles. The van der Waals surface area contributed by atoms with Crippen LogP contribution < -0.4 is 5.73 Å². The number of nitrogens with two attached hydrogens (primary N) is 1. The molecule has 0 saturated heterocycles. The molecule has 1 saturated carbocycles. The van der Waals surface area contributed by atoms with Gasteiger partial charge in [0, 0.05) is 12.5 Å². The number of nitrogens with one attached hydrogen (secondary N) is 1. The van der Waals surface area contributed by atoms with Crippen LogP contribution in [0.25, 0.3) is 0 Å². The van der Waals surface area contributed by atoms with Crippen LogP contribution in [-0.4, -0.2) is 21.2 Å². The Hall–Kier alpha value is -0.900. The second-order valence-electron chi connectivity index (χ2n) is 3.84. The molecule has 2 rings (SSSR count). The molecule has 4 nitrogen and oxygen atoms in total. The summed E-state index contributed by atoms with van der Waals surface area (Å²) in [6, 6.07) is 0.360. The van der Waals surface area contributed by atoms with E-state index in [1.54, 1.807) is 6.33 Å². The van der Waals surface area contributed by atoms with Crippen molar-refractivity contribution in [1.82, 2.24) is 15.2 Å². The molecule has 0 amide bonds. The minimum atomic E-state index is 0.360. The van der Waals surface area contributed by atoms with Gasteiger partial charge in [-0.25, -0.2) is 4.98 Å². The number of aromatic nitrogens is 3. The molecular weight excluding hydrogens is 164 g/mol. The van der Waals surface area contributed by atoms with E-state index >= 15 is 0 Å². The zero-order valence-corrected chi connectivity index (χ0v) is 7.74. The van der Waals surface area contributed by atoms with Crippen molar-refractivity contribution in [3.05, 3.63) is 12.2 Å². The first-order valence-electron chi connectivity index (χ1n) is 4.96. The Morgan fingerprint density at radius 1 is 1.46 bits per heavy atom. The molecule has 13 heavy (non-hydrogen) atoms. The van der Waals surface area contributed by atoms with E-state index in [1.807, 2.05) is 0 Å². The van der Waals surface area contributed by atoms with Gasteiger partial charge in [0.05, 0.1) is 0 Å². The summed E-state index contributed by atoms with van der Waals surface area (Å²) in [5.74, 6) is 1.57. The van der Waals surface area contributed by atoms with Crippen molar-refractivity contribution in [2.75, 3.05) is 0 Å². The molecule has 1 aliphatic carbocycles. The summed E-state index contributed by atoms with van der Waals surface area (Å²) in [6.07, 6.45) is 7.52. The molecule has 1 heterocycles. The fourth-order valence-corrected chi connectivity index (χ4v) is 2.07. The minimum absolute atomic E-state index is 0.360.